The van der Waals surface area contributed by atoms with Crippen molar-refractivity contribution in [3.8, 4) is 0 Å². The van der Waals surface area contributed by atoms with Crippen molar-refractivity contribution in [3.05, 3.63) is 58.1 Å². The predicted octanol–water partition coefficient (Wildman–Crippen LogP) is 4.19. The normalized spacial score (nSPS) is 17.9. The van der Waals surface area contributed by atoms with Crippen LogP contribution in [0.4, 0.5) is 11.4 Å². The summed E-state index contributed by atoms with van der Waals surface area (Å²) in [5.41, 5.74) is 2.59. The maximum absolute atomic E-state index is 13.1. The number of piperidine rings is 1. The SMILES string of the molecule is O=C1CN(C(=O)C2CCN(Cc3ccc(Cl)c(Cl)c3)CC2)c2ccccc2N1. The van der Waals surface area contributed by atoms with E-state index >= 15 is 0 Å². The minimum Gasteiger partial charge on any atom is -0.323 e. The Kier molecular flexibility index (Phi) is 5.58. The van der Waals surface area contributed by atoms with Gasteiger partial charge in [0.25, 0.3) is 0 Å². The van der Waals surface area contributed by atoms with E-state index in [4.69, 9.17) is 23.2 Å². The van der Waals surface area contributed by atoms with Gasteiger partial charge in [-0.25, -0.2) is 0 Å². The van der Waals surface area contributed by atoms with Crippen molar-refractivity contribution in [2.75, 3.05) is 29.9 Å². The van der Waals surface area contributed by atoms with Gasteiger partial charge in [-0.3, -0.25) is 14.5 Å². The molecule has 0 unspecified atom stereocenters. The topological polar surface area (TPSA) is 52.7 Å². The van der Waals surface area contributed by atoms with E-state index in [1.54, 1.807) is 4.90 Å². The first kappa shape index (κ1) is 19.2. The number of benzene rings is 2. The Balaban J connectivity index is 1.39. The largest absolute Gasteiger partial charge is 0.323 e. The van der Waals surface area contributed by atoms with Gasteiger partial charge >= 0.3 is 0 Å². The zero-order valence-electron chi connectivity index (χ0n) is 15.3. The number of nitrogens with one attached hydrogen (secondary N) is 1. The summed E-state index contributed by atoms with van der Waals surface area (Å²) in [5.74, 6) is -0.176. The van der Waals surface area contributed by atoms with Crippen molar-refractivity contribution in [1.82, 2.24) is 4.90 Å². The lowest BCUT2D eigenvalue weighted by molar-refractivity contribution is -0.125. The van der Waals surface area contributed by atoms with Crippen molar-refractivity contribution in [3.63, 3.8) is 0 Å². The van der Waals surface area contributed by atoms with Gasteiger partial charge in [0.1, 0.15) is 6.54 Å². The minimum absolute atomic E-state index is 0.0384. The zero-order valence-corrected chi connectivity index (χ0v) is 16.8. The molecule has 146 valence electrons. The number of hydrogen-bond donors (Lipinski definition) is 1. The van der Waals surface area contributed by atoms with Gasteiger partial charge in [0.2, 0.25) is 11.8 Å². The van der Waals surface area contributed by atoms with Crippen LogP contribution in [-0.4, -0.2) is 36.3 Å². The van der Waals surface area contributed by atoms with Crippen LogP contribution in [0.3, 0.4) is 0 Å². The Hall–Kier alpha value is -2.08. The number of carbonyl (C=O) groups excluding carboxylic acids is 2. The van der Waals surface area contributed by atoms with Crippen LogP contribution in [0.5, 0.6) is 0 Å². The highest BCUT2D eigenvalue weighted by Gasteiger charge is 2.33. The molecule has 2 aromatic carbocycles. The van der Waals surface area contributed by atoms with E-state index in [2.05, 4.69) is 10.2 Å². The summed E-state index contributed by atoms with van der Waals surface area (Å²) in [5, 5.41) is 3.95. The molecular formula is C21H21Cl2N3O2. The third-order valence-corrected chi connectivity index (χ3v) is 6.10. The zero-order chi connectivity index (χ0) is 19.7. The van der Waals surface area contributed by atoms with Crippen molar-refractivity contribution < 1.29 is 9.59 Å². The van der Waals surface area contributed by atoms with Crippen LogP contribution in [0.15, 0.2) is 42.5 Å². The summed E-state index contributed by atoms with van der Waals surface area (Å²) in [4.78, 5) is 29.1. The summed E-state index contributed by atoms with van der Waals surface area (Å²) >= 11 is 12.1. The number of para-hydroxylation sites is 2. The Morgan fingerprint density at radius 1 is 1.07 bits per heavy atom. The molecule has 0 spiro atoms. The first-order valence-corrected chi connectivity index (χ1v) is 10.1. The summed E-state index contributed by atoms with van der Waals surface area (Å²) < 4.78 is 0. The highest BCUT2D eigenvalue weighted by molar-refractivity contribution is 6.42. The number of halogens is 2. The lowest BCUT2D eigenvalue weighted by atomic mass is 9.94. The van der Waals surface area contributed by atoms with Gasteiger partial charge in [0.15, 0.2) is 0 Å². The molecule has 0 atom stereocenters. The number of rotatable bonds is 3. The molecule has 2 heterocycles. The molecule has 2 aromatic rings. The summed E-state index contributed by atoms with van der Waals surface area (Å²) in [6.07, 6.45) is 1.56. The molecule has 1 saturated heterocycles. The van der Waals surface area contributed by atoms with Gasteiger partial charge in [-0.2, -0.15) is 0 Å². The molecule has 5 nitrogen and oxygen atoms in total. The van der Waals surface area contributed by atoms with Crippen molar-refractivity contribution in [2.45, 2.75) is 19.4 Å². The highest BCUT2D eigenvalue weighted by atomic mass is 35.5. The molecule has 0 radical (unpaired) electrons. The molecule has 0 saturated carbocycles. The van der Waals surface area contributed by atoms with Crippen molar-refractivity contribution in [1.29, 1.82) is 0 Å². The van der Waals surface area contributed by atoms with Gasteiger partial charge in [0, 0.05) is 12.5 Å². The maximum atomic E-state index is 13.1. The maximum Gasteiger partial charge on any atom is 0.244 e. The third kappa shape index (κ3) is 4.02. The second kappa shape index (κ2) is 8.11. The van der Waals surface area contributed by atoms with E-state index in [0.717, 1.165) is 43.7 Å². The van der Waals surface area contributed by atoms with E-state index in [1.165, 1.54) is 0 Å². The average molecular weight is 418 g/mol. The third-order valence-electron chi connectivity index (χ3n) is 5.36. The standard InChI is InChI=1S/C21H21Cl2N3O2/c22-16-6-5-14(11-17(16)23)12-25-9-7-15(8-10-25)21(28)26-13-20(27)24-18-3-1-2-4-19(18)26/h1-6,11,15H,7-10,12-13H2,(H,24,27). The first-order chi connectivity index (χ1) is 13.5. The van der Waals surface area contributed by atoms with Crippen molar-refractivity contribution in [2.24, 2.45) is 5.92 Å². The van der Waals surface area contributed by atoms with E-state index in [1.807, 2.05) is 42.5 Å². The highest BCUT2D eigenvalue weighted by Crippen LogP contribution is 2.32. The van der Waals surface area contributed by atoms with Crippen LogP contribution in [0, 0.1) is 5.92 Å². The molecule has 0 aromatic heterocycles. The molecule has 2 aliphatic heterocycles. The van der Waals surface area contributed by atoms with E-state index in [0.29, 0.717) is 15.7 Å². The van der Waals surface area contributed by atoms with Crippen LogP contribution in [0.1, 0.15) is 18.4 Å². The van der Waals surface area contributed by atoms with Crippen LogP contribution >= 0.6 is 23.2 Å². The Morgan fingerprint density at radius 2 is 1.82 bits per heavy atom. The summed E-state index contributed by atoms with van der Waals surface area (Å²) in [6, 6.07) is 13.1. The molecule has 0 aliphatic carbocycles. The lowest BCUT2D eigenvalue weighted by Crippen LogP contribution is -2.47. The second-order valence-electron chi connectivity index (χ2n) is 7.29. The molecule has 4 rings (SSSR count). The van der Waals surface area contributed by atoms with E-state index < -0.39 is 0 Å². The smallest absolute Gasteiger partial charge is 0.244 e. The quantitative estimate of drug-likeness (QED) is 0.814. The molecule has 28 heavy (non-hydrogen) atoms. The number of nitrogens with zero attached hydrogens (tertiary/aromatic N) is 2. The van der Waals surface area contributed by atoms with Crippen molar-refractivity contribution >= 4 is 46.4 Å². The molecular weight excluding hydrogens is 397 g/mol. The van der Waals surface area contributed by atoms with Gasteiger partial charge < -0.3 is 10.2 Å². The number of anilines is 2. The van der Waals surface area contributed by atoms with Crippen LogP contribution in [-0.2, 0) is 16.1 Å². The molecule has 2 aliphatic rings. The van der Waals surface area contributed by atoms with Gasteiger partial charge in [-0.05, 0) is 55.8 Å². The van der Waals surface area contributed by atoms with Crippen LogP contribution in [0.2, 0.25) is 10.0 Å². The van der Waals surface area contributed by atoms with Crippen LogP contribution in [0.25, 0.3) is 0 Å². The molecule has 0 bridgehead atoms. The van der Waals surface area contributed by atoms with Gasteiger partial charge in [0.05, 0.1) is 21.4 Å². The van der Waals surface area contributed by atoms with E-state index in [9.17, 15) is 9.59 Å². The molecule has 2 amide bonds. The van der Waals surface area contributed by atoms with Gasteiger partial charge in [-0.15, -0.1) is 0 Å². The Bertz CT molecular complexity index is 910. The van der Waals surface area contributed by atoms with E-state index in [-0.39, 0.29) is 24.3 Å². The molecule has 1 fully saturated rings. The number of carbonyl (C=O) groups is 2. The van der Waals surface area contributed by atoms with Crippen LogP contribution < -0.4 is 10.2 Å². The minimum atomic E-state index is -0.149. The monoisotopic (exact) mass is 417 g/mol. The summed E-state index contributed by atoms with van der Waals surface area (Å²) in [7, 11) is 0. The number of hydrogen-bond acceptors (Lipinski definition) is 3. The fraction of sp³-hybridized carbons (Fsp3) is 0.333. The van der Waals surface area contributed by atoms with Gasteiger partial charge in [-0.1, -0.05) is 41.4 Å². The molecule has 1 N–H and O–H groups in total. The Morgan fingerprint density at radius 3 is 2.57 bits per heavy atom. The number of fused-ring (bicyclic) bond motifs is 1. The molecule has 7 heteroatoms. The Labute approximate surface area is 174 Å². The number of amides is 2. The average Bonchev–Trinajstić information content (AvgIpc) is 2.70. The fourth-order valence-corrected chi connectivity index (χ4v) is 4.21. The first-order valence-electron chi connectivity index (χ1n) is 9.38. The predicted molar refractivity (Wildman–Crippen MR) is 112 cm³/mol. The number of likely N-dealkylation sites (tertiary alicyclic amines) is 1. The lowest BCUT2D eigenvalue weighted by Gasteiger charge is -2.36. The second-order valence-corrected chi connectivity index (χ2v) is 8.10. The fourth-order valence-electron chi connectivity index (χ4n) is 3.88. The summed E-state index contributed by atoms with van der Waals surface area (Å²) in [6.45, 7) is 2.53.